The van der Waals surface area contributed by atoms with E-state index in [1.54, 1.807) is 7.11 Å². The fourth-order valence-electron chi connectivity index (χ4n) is 2.03. The number of nitro groups is 1. The number of aromatic carboxylic acids is 1. The molecule has 0 saturated heterocycles. The number of methoxy groups -OCH3 is 1. The number of rotatable bonds is 8. The van der Waals surface area contributed by atoms with Gasteiger partial charge < -0.3 is 14.7 Å². The third-order valence-electron chi connectivity index (χ3n) is 3.39. The summed E-state index contributed by atoms with van der Waals surface area (Å²) < 4.78 is 5.04. The summed E-state index contributed by atoms with van der Waals surface area (Å²) >= 11 is 0. The van der Waals surface area contributed by atoms with Crippen LogP contribution in [0, 0.1) is 10.1 Å². The maximum Gasteiger partial charge on any atom is 0.335 e. The van der Waals surface area contributed by atoms with Gasteiger partial charge in [-0.1, -0.05) is 6.92 Å². The minimum atomic E-state index is -1.11. The van der Waals surface area contributed by atoms with E-state index in [1.807, 2.05) is 18.7 Å². The molecule has 21 heavy (non-hydrogen) atoms. The Bertz CT molecular complexity index is 518. The van der Waals surface area contributed by atoms with Crippen molar-refractivity contribution in [3.05, 3.63) is 33.9 Å². The predicted octanol–water partition coefficient (Wildman–Crippen LogP) is 2.54. The lowest BCUT2D eigenvalue weighted by Crippen LogP contribution is -2.36. The lowest BCUT2D eigenvalue weighted by Gasteiger charge is -2.30. The second-order valence-corrected chi connectivity index (χ2v) is 4.71. The molecule has 1 unspecified atom stereocenters. The van der Waals surface area contributed by atoms with E-state index in [0.29, 0.717) is 18.8 Å². The third kappa shape index (κ3) is 4.16. The topological polar surface area (TPSA) is 92.9 Å². The smallest absolute Gasteiger partial charge is 0.335 e. The van der Waals surface area contributed by atoms with Gasteiger partial charge in [0.15, 0.2) is 0 Å². The van der Waals surface area contributed by atoms with Crippen LogP contribution in [0.15, 0.2) is 18.2 Å². The van der Waals surface area contributed by atoms with Gasteiger partial charge in [0, 0.05) is 25.8 Å². The zero-order chi connectivity index (χ0) is 16.0. The van der Waals surface area contributed by atoms with E-state index in [1.165, 1.54) is 18.2 Å². The zero-order valence-electron chi connectivity index (χ0n) is 12.4. The molecule has 116 valence electrons. The van der Waals surface area contributed by atoms with Gasteiger partial charge >= 0.3 is 5.97 Å². The number of hydrogen-bond acceptors (Lipinski definition) is 5. The van der Waals surface area contributed by atoms with Crippen molar-refractivity contribution in [2.24, 2.45) is 0 Å². The minimum Gasteiger partial charge on any atom is -0.478 e. The van der Waals surface area contributed by atoms with Gasteiger partial charge in [-0.05, 0) is 25.5 Å². The van der Waals surface area contributed by atoms with Crippen molar-refractivity contribution >= 4 is 17.3 Å². The number of benzene rings is 1. The van der Waals surface area contributed by atoms with Crippen molar-refractivity contribution in [3.8, 4) is 0 Å². The van der Waals surface area contributed by atoms with Crippen LogP contribution in [0.2, 0.25) is 0 Å². The molecule has 0 saturated carbocycles. The van der Waals surface area contributed by atoms with Gasteiger partial charge in [-0.3, -0.25) is 10.1 Å². The Balaban J connectivity index is 3.33. The minimum absolute atomic E-state index is 0.0290. The number of ether oxygens (including phenoxy) is 1. The van der Waals surface area contributed by atoms with Crippen molar-refractivity contribution in [1.82, 2.24) is 0 Å². The second-order valence-electron chi connectivity index (χ2n) is 4.71. The van der Waals surface area contributed by atoms with Gasteiger partial charge in [-0.15, -0.1) is 0 Å². The Hall–Kier alpha value is -2.15. The average Bonchev–Trinajstić information content (AvgIpc) is 2.46. The normalized spacial score (nSPS) is 12.0. The van der Waals surface area contributed by atoms with E-state index in [4.69, 9.17) is 9.84 Å². The first kappa shape index (κ1) is 16.9. The van der Waals surface area contributed by atoms with Crippen LogP contribution in [0.4, 0.5) is 11.4 Å². The average molecular weight is 296 g/mol. The number of nitro benzene ring substituents is 1. The van der Waals surface area contributed by atoms with Crippen LogP contribution in [-0.4, -0.2) is 42.3 Å². The van der Waals surface area contributed by atoms with Crippen LogP contribution >= 0.6 is 0 Å². The molecule has 0 bridgehead atoms. The largest absolute Gasteiger partial charge is 0.478 e. The monoisotopic (exact) mass is 296 g/mol. The van der Waals surface area contributed by atoms with Crippen LogP contribution in [-0.2, 0) is 4.74 Å². The van der Waals surface area contributed by atoms with Crippen LogP contribution < -0.4 is 4.90 Å². The molecule has 7 heteroatoms. The first-order valence-electron chi connectivity index (χ1n) is 6.69. The third-order valence-corrected chi connectivity index (χ3v) is 3.39. The molecule has 1 rings (SSSR count). The van der Waals surface area contributed by atoms with Gasteiger partial charge in [0.05, 0.1) is 17.1 Å². The Morgan fingerprint density at radius 2 is 2.19 bits per heavy atom. The number of carbonyl (C=O) groups is 1. The fraction of sp³-hybridized carbons (Fsp3) is 0.500. The molecule has 7 nitrogen and oxygen atoms in total. The molecule has 0 amide bonds. The number of anilines is 1. The second kappa shape index (κ2) is 7.58. The predicted molar refractivity (Wildman–Crippen MR) is 79.0 cm³/mol. The summed E-state index contributed by atoms with van der Waals surface area (Å²) in [6.45, 7) is 4.76. The van der Waals surface area contributed by atoms with Gasteiger partial charge in [0.1, 0.15) is 5.69 Å². The highest BCUT2D eigenvalue weighted by atomic mass is 16.6. The molecular formula is C14H20N2O5. The zero-order valence-corrected chi connectivity index (χ0v) is 12.4. The van der Waals surface area contributed by atoms with Crippen LogP contribution in [0.5, 0.6) is 0 Å². The van der Waals surface area contributed by atoms with Crippen LogP contribution in [0.3, 0.4) is 0 Å². The van der Waals surface area contributed by atoms with Gasteiger partial charge in [-0.2, -0.15) is 0 Å². The Morgan fingerprint density at radius 3 is 2.67 bits per heavy atom. The summed E-state index contributed by atoms with van der Waals surface area (Å²) in [4.78, 5) is 23.6. The van der Waals surface area contributed by atoms with Crippen molar-refractivity contribution in [1.29, 1.82) is 0 Å². The first-order valence-corrected chi connectivity index (χ1v) is 6.69. The Labute approximate surface area is 123 Å². The van der Waals surface area contributed by atoms with E-state index < -0.39 is 10.9 Å². The molecule has 1 aromatic rings. The highest BCUT2D eigenvalue weighted by molar-refractivity contribution is 5.90. The van der Waals surface area contributed by atoms with E-state index in [0.717, 1.165) is 6.42 Å². The molecule has 0 heterocycles. The van der Waals surface area contributed by atoms with E-state index in [2.05, 4.69) is 0 Å². The standard InChI is InChI=1S/C14H20N2O5/c1-4-10(2)15(7-8-21-3)13-9-11(14(17)18)5-6-12(13)16(19)20/h5-6,9-10H,4,7-8H2,1-3H3,(H,17,18). The van der Waals surface area contributed by atoms with Gasteiger partial charge in [-0.25, -0.2) is 4.79 Å². The van der Waals surface area contributed by atoms with Crippen LogP contribution in [0.25, 0.3) is 0 Å². The molecule has 0 fully saturated rings. The molecule has 1 N–H and O–H groups in total. The highest BCUT2D eigenvalue weighted by Gasteiger charge is 2.24. The molecule has 1 atom stereocenters. The summed E-state index contributed by atoms with van der Waals surface area (Å²) in [6.07, 6.45) is 0.776. The summed E-state index contributed by atoms with van der Waals surface area (Å²) in [5.41, 5.74) is 0.240. The molecular weight excluding hydrogens is 276 g/mol. The molecule has 0 spiro atoms. The molecule has 0 aliphatic carbocycles. The van der Waals surface area contributed by atoms with Crippen molar-refractivity contribution in [2.45, 2.75) is 26.3 Å². The van der Waals surface area contributed by atoms with Gasteiger partial charge in [0.2, 0.25) is 0 Å². The maximum atomic E-state index is 11.2. The number of hydrogen-bond donors (Lipinski definition) is 1. The number of carboxylic acids is 1. The molecule has 0 aromatic heterocycles. The van der Waals surface area contributed by atoms with E-state index in [-0.39, 0.29) is 17.3 Å². The summed E-state index contributed by atoms with van der Waals surface area (Å²) in [7, 11) is 1.55. The van der Waals surface area contributed by atoms with Crippen LogP contribution in [0.1, 0.15) is 30.6 Å². The van der Waals surface area contributed by atoms with Crippen molar-refractivity contribution < 1.29 is 19.6 Å². The first-order chi connectivity index (χ1) is 9.92. The molecule has 0 aliphatic heterocycles. The summed E-state index contributed by atoms with van der Waals surface area (Å²) in [5.74, 6) is -1.11. The van der Waals surface area contributed by atoms with E-state index >= 15 is 0 Å². The summed E-state index contributed by atoms with van der Waals surface area (Å²) in [5, 5.41) is 20.3. The molecule has 0 aliphatic rings. The maximum absolute atomic E-state index is 11.2. The van der Waals surface area contributed by atoms with Gasteiger partial charge in [0.25, 0.3) is 5.69 Å². The number of nitrogens with zero attached hydrogens (tertiary/aromatic N) is 2. The quantitative estimate of drug-likeness (QED) is 0.585. The molecule has 0 radical (unpaired) electrons. The van der Waals surface area contributed by atoms with E-state index in [9.17, 15) is 14.9 Å². The fourth-order valence-corrected chi connectivity index (χ4v) is 2.03. The highest BCUT2D eigenvalue weighted by Crippen LogP contribution is 2.31. The lowest BCUT2D eigenvalue weighted by molar-refractivity contribution is -0.384. The lowest BCUT2D eigenvalue weighted by atomic mass is 10.1. The SMILES string of the molecule is CCC(C)N(CCOC)c1cc(C(=O)O)ccc1[N+](=O)[O-]. The van der Waals surface area contributed by atoms with Crippen molar-refractivity contribution in [2.75, 3.05) is 25.2 Å². The number of carboxylic acid groups (broad SMARTS) is 1. The Kier molecular flexibility index (Phi) is 6.10. The molecule has 1 aromatic carbocycles. The Morgan fingerprint density at radius 1 is 1.52 bits per heavy atom. The summed E-state index contributed by atoms with van der Waals surface area (Å²) in [6, 6.07) is 3.86. The van der Waals surface area contributed by atoms with Crippen molar-refractivity contribution in [3.63, 3.8) is 0 Å².